The highest BCUT2D eigenvalue weighted by atomic mass is 16.3. The first-order valence-corrected chi connectivity index (χ1v) is 9.09. The van der Waals surface area contributed by atoms with E-state index in [4.69, 9.17) is 0 Å². The molecule has 1 aromatic heterocycles. The van der Waals surface area contributed by atoms with Crippen molar-refractivity contribution in [3.8, 4) is 11.1 Å². The highest BCUT2D eigenvalue weighted by Crippen LogP contribution is 2.45. The molecule has 0 amide bonds. The number of hydrogen-bond acceptors (Lipinski definition) is 1. The van der Waals surface area contributed by atoms with E-state index < -0.39 is 0 Å². The van der Waals surface area contributed by atoms with E-state index in [-0.39, 0.29) is 12.1 Å². The van der Waals surface area contributed by atoms with Gasteiger partial charge >= 0.3 is 0 Å². The number of para-hydroxylation sites is 2. The van der Waals surface area contributed by atoms with Crippen LogP contribution in [0.1, 0.15) is 24.1 Å². The summed E-state index contributed by atoms with van der Waals surface area (Å²) in [6.07, 6.45) is 1.77. The van der Waals surface area contributed by atoms with E-state index in [1.165, 1.54) is 27.8 Å². The number of hydrogen-bond donors (Lipinski definition) is 1. The second-order valence-electron chi connectivity index (χ2n) is 7.09. The molecule has 1 aliphatic rings. The Morgan fingerprint density at radius 2 is 1.46 bits per heavy atom. The van der Waals surface area contributed by atoms with Crippen LogP contribution in [0.3, 0.4) is 0 Å². The molecular weight excluding hydrogens is 320 g/mol. The maximum atomic E-state index is 9.93. The van der Waals surface area contributed by atoms with Crippen LogP contribution in [0.2, 0.25) is 0 Å². The summed E-state index contributed by atoms with van der Waals surface area (Å²) >= 11 is 0. The fraction of sp³-hybridized carbons (Fsp3) is 0.174. The number of aliphatic hydroxyl groups is 1. The Labute approximate surface area is 152 Å². The molecule has 0 spiro atoms. The van der Waals surface area contributed by atoms with Gasteiger partial charge in [0.15, 0.2) is 17.1 Å². The van der Waals surface area contributed by atoms with Gasteiger partial charge in [-0.3, -0.25) is 0 Å². The third-order valence-corrected chi connectivity index (χ3v) is 5.27. The van der Waals surface area contributed by atoms with Gasteiger partial charge in [0.1, 0.15) is 6.54 Å². The van der Waals surface area contributed by atoms with E-state index >= 15 is 0 Å². The molecule has 1 atom stereocenters. The summed E-state index contributed by atoms with van der Waals surface area (Å²) in [7, 11) is 0. The number of rotatable bonds is 3. The zero-order chi connectivity index (χ0) is 17.7. The molecule has 3 nitrogen and oxygen atoms in total. The largest absolute Gasteiger partial charge is 0.389 e. The van der Waals surface area contributed by atoms with E-state index in [0.29, 0.717) is 6.54 Å². The summed E-state index contributed by atoms with van der Waals surface area (Å²) in [4.78, 5) is 0. The van der Waals surface area contributed by atoms with Crippen LogP contribution in [0.25, 0.3) is 22.2 Å². The summed E-state index contributed by atoms with van der Waals surface area (Å²) in [6, 6.07) is 25.9. The molecule has 0 radical (unpaired) electrons. The first-order chi connectivity index (χ1) is 12.7. The maximum Gasteiger partial charge on any atom is 0.245 e. The molecule has 26 heavy (non-hydrogen) atoms. The molecule has 1 aliphatic carbocycles. The SMILES string of the molecule is C[C@@H](O)C[n+]1cn(C2c3ccccc3-c3ccccc32)c2ccccc21. The molecule has 0 saturated carbocycles. The number of imidazole rings is 1. The van der Waals surface area contributed by atoms with Gasteiger partial charge in [-0.2, -0.15) is 0 Å². The van der Waals surface area contributed by atoms with Gasteiger partial charge in [0, 0.05) is 11.1 Å². The second kappa shape index (κ2) is 5.82. The molecule has 3 aromatic carbocycles. The van der Waals surface area contributed by atoms with E-state index in [0.717, 1.165) is 5.52 Å². The summed E-state index contributed by atoms with van der Waals surface area (Å²) in [5, 5.41) is 9.93. The minimum atomic E-state index is -0.387. The predicted octanol–water partition coefficient (Wildman–Crippen LogP) is 3.93. The molecular formula is C23H21N2O+. The summed E-state index contributed by atoms with van der Waals surface area (Å²) in [5.74, 6) is 0. The second-order valence-corrected chi connectivity index (χ2v) is 7.09. The van der Waals surface area contributed by atoms with Gasteiger partial charge in [-0.25, -0.2) is 9.13 Å². The monoisotopic (exact) mass is 341 g/mol. The van der Waals surface area contributed by atoms with E-state index in [2.05, 4.69) is 88.3 Å². The molecule has 0 aliphatic heterocycles. The molecule has 0 fully saturated rings. The third kappa shape index (κ3) is 2.21. The molecule has 1 N–H and O–H groups in total. The fourth-order valence-electron chi connectivity index (χ4n) is 4.26. The van der Waals surface area contributed by atoms with E-state index in [9.17, 15) is 5.11 Å². The minimum Gasteiger partial charge on any atom is -0.389 e. The Bertz CT molecular complexity index is 1060. The third-order valence-electron chi connectivity index (χ3n) is 5.27. The van der Waals surface area contributed by atoms with Gasteiger partial charge in [0.05, 0.1) is 6.10 Å². The average molecular weight is 341 g/mol. The highest BCUT2D eigenvalue weighted by molar-refractivity contribution is 5.80. The first kappa shape index (κ1) is 15.4. The number of benzene rings is 3. The lowest BCUT2D eigenvalue weighted by molar-refractivity contribution is -0.678. The van der Waals surface area contributed by atoms with Crippen molar-refractivity contribution < 1.29 is 9.67 Å². The normalized spacial score (nSPS) is 14.4. The number of fused-ring (bicyclic) bond motifs is 4. The maximum absolute atomic E-state index is 9.93. The quantitative estimate of drug-likeness (QED) is 0.495. The number of aliphatic hydroxyl groups excluding tert-OH is 1. The lowest BCUT2D eigenvalue weighted by atomic mass is 10.1. The zero-order valence-electron chi connectivity index (χ0n) is 14.7. The van der Waals surface area contributed by atoms with Crippen molar-refractivity contribution >= 4 is 11.0 Å². The van der Waals surface area contributed by atoms with Gasteiger partial charge in [-0.05, 0) is 30.2 Å². The van der Waals surface area contributed by atoms with Crippen molar-refractivity contribution in [3.63, 3.8) is 0 Å². The molecule has 128 valence electrons. The summed E-state index contributed by atoms with van der Waals surface area (Å²) in [6.45, 7) is 2.42. The van der Waals surface area contributed by atoms with Gasteiger partial charge in [-0.1, -0.05) is 60.7 Å². The molecule has 0 bridgehead atoms. The highest BCUT2D eigenvalue weighted by Gasteiger charge is 2.34. The lowest BCUT2D eigenvalue weighted by Crippen LogP contribution is -2.37. The standard InChI is InChI=1S/C23H21N2O/c1-16(26)14-24-15-25(22-13-7-6-12-21(22)24)23-19-10-4-2-8-17(19)18-9-3-5-11-20(18)23/h2-13,15-16,23,26H,14H2,1H3/q+1/t16-/m1/s1. The van der Waals surface area contributed by atoms with Gasteiger partial charge in [0.25, 0.3) is 0 Å². The lowest BCUT2D eigenvalue weighted by Gasteiger charge is -2.11. The molecule has 1 heterocycles. The fourth-order valence-corrected chi connectivity index (χ4v) is 4.26. The summed E-state index contributed by atoms with van der Waals surface area (Å²) < 4.78 is 4.51. The Kier molecular flexibility index (Phi) is 3.44. The van der Waals surface area contributed by atoms with Crippen molar-refractivity contribution in [1.82, 2.24) is 4.57 Å². The Morgan fingerprint density at radius 1 is 0.885 bits per heavy atom. The Morgan fingerprint density at radius 3 is 2.12 bits per heavy atom. The molecule has 0 saturated heterocycles. The molecule has 0 unspecified atom stereocenters. The van der Waals surface area contributed by atoms with Crippen LogP contribution in [-0.2, 0) is 6.54 Å². The van der Waals surface area contributed by atoms with Gasteiger partial charge in [0.2, 0.25) is 6.33 Å². The minimum absolute atomic E-state index is 0.155. The Hall–Kier alpha value is -2.91. The van der Waals surface area contributed by atoms with Crippen LogP contribution >= 0.6 is 0 Å². The molecule has 5 rings (SSSR count). The smallest absolute Gasteiger partial charge is 0.245 e. The predicted molar refractivity (Wildman–Crippen MR) is 103 cm³/mol. The average Bonchev–Trinajstić information content (AvgIpc) is 3.17. The van der Waals surface area contributed by atoms with E-state index in [1.807, 2.05) is 6.92 Å². The van der Waals surface area contributed by atoms with Crippen LogP contribution in [0, 0.1) is 0 Å². The van der Waals surface area contributed by atoms with Gasteiger partial charge < -0.3 is 5.11 Å². The van der Waals surface area contributed by atoms with Gasteiger partial charge in [-0.15, -0.1) is 0 Å². The van der Waals surface area contributed by atoms with E-state index in [1.54, 1.807) is 0 Å². The van der Waals surface area contributed by atoms with Crippen LogP contribution in [-0.4, -0.2) is 15.8 Å². The number of aromatic nitrogens is 2. The van der Waals surface area contributed by atoms with Crippen molar-refractivity contribution in [2.24, 2.45) is 0 Å². The van der Waals surface area contributed by atoms with Crippen LogP contribution in [0.15, 0.2) is 79.1 Å². The Balaban J connectivity index is 1.79. The first-order valence-electron chi connectivity index (χ1n) is 9.09. The molecule has 3 heteroatoms. The molecule has 4 aromatic rings. The zero-order valence-corrected chi connectivity index (χ0v) is 14.7. The van der Waals surface area contributed by atoms with Crippen LogP contribution in [0.5, 0.6) is 0 Å². The van der Waals surface area contributed by atoms with Crippen molar-refractivity contribution in [2.45, 2.75) is 25.6 Å². The van der Waals surface area contributed by atoms with Crippen molar-refractivity contribution in [2.75, 3.05) is 0 Å². The van der Waals surface area contributed by atoms with Crippen molar-refractivity contribution in [1.29, 1.82) is 0 Å². The van der Waals surface area contributed by atoms with Crippen LogP contribution in [0.4, 0.5) is 0 Å². The number of nitrogens with zero attached hydrogens (tertiary/aromatic N) is 2. The van der Waals surface area contributed by atoms with Crippen LogP contribution < -0.4 is 4.57 Å². The summed E-state index contributed by atoms with van der Waals surface area (Å²) in [5.41, 5.74) is 7.62. The van der Waals surface area contributed by atoms with Crippen molar-refractivity contribution in [3.05, 3.63) is 90.3 Å². The topological polar surface area (TPSA) is 29.0 Å².